The molecule has 196 valence electrons. The Morgan fingerprint density at radius 2 is 1.79 bits per heavy atom. The van der Waals surface area contributed by atoms with E-state index in [4.69, 9.17) is 9.47 Å². The van der Waals surface area contributed by atoms with E-state index >= 15 is 8.78 Å². The van der Waals surface area contributed by atoms with Crippen LogP contribution in [0, 0.1) is 19.7 Å². The number of hydrogen-bond donors (Lipinski definition) is 1. The average Bonchev–Trinajstić information content (AvgIpc) is 3.20. The number of rotatable bonds is 8. The SMILES string of the molecule is Cc1nn(CC(F)(F)COCc2ccccc2)c(-c2ccc(F)cc2)c1-c1ccc2c(c1C)NC(=O)CO2. The molecule has 2 heterocycles. The summed E-state index contributed by atoms with van der Waals surface area (Å²) in [7, 11) is 0. The van der Waals surface area contributed by atoms with E-state index < -0.39 is 24.9 Å². The van der Waals surface area contributed by atoms with Gasteiger partial charge in [-0.3, -0.25) is 9.48 Å². The Labute approximate surface area is 218 Å². The molecule has 1 aliphatic rings. The van der Waals surface area contributed by atoms with Gasteiger partial charge in [0.1, 0.15) is 24.7 Å². The maximum absolute atomic E-state index is 15.2. The normalized spacial score (nSPS) is 13.1. The van der Waals surface area contributed by atoms with Gasteiger partial charge in [0, 0.05) is 11.1 Å². The van der Waals surface area contributed by atoms with Gasteiger partial charge in [-0.2, -0.15) is 5.10 Å². The van der Waals surface area contributed by atoms with Crippen molar-refractivity contribution in [2.45, 2.75) is 32.9 Å². The van der Waals surface area contributed by atoms with Gasteiger partial charge in [-0.25, -0.2) is 13.2 Å². The van der Waals surface area contributed by atoms with Crippen molar-refractivity contribution < 1.29 is 27.4 Å². The van der Waals surface area contributed by atoms with Crippen LogP contribution < -0.4 is 10.1 Å². The van der Waals surface area contributed by atoms with Crippen LogP contribution in [0.5, 0.6) is 5.75 Å². The van der Waals surface area contributed by atoms with Crippen LogP contribution in [0.1, 0.15) is 16.8 Å². The number of carbonyl (C=O) groups is 1. The third-order valence-corrected chi connectivity index (χ3v) is 6.37. The van der Waals surface area contributed by atoms with E-state index in [-0.39, 0.29) is 19.1 Å². The Morgan fingerprint density at radius 1 is 1.05 bits per heavy atom. The van der Waals surface area contributed by atoms with Gasteiger partial charge in [0.25, 0.3) is 11.8 Å². The smallest absolute Gasteiger partial charge is 0.290 e. The molecule has 0 bridgehead atoms. The number of ether oxygens (including phenoxy) is 2. The van der Waals surface area contributed by atoms with E-state index in [0.717, 1.165) is 5.56 Å². The standard InChI is InChI=1S/C29H26F3N3O3/c1-18-23(12-13-24-27(18)33-25(36)15-38-24)26-19(2)34-35(28(26)21-8-10-22(30)11-9-21)16-29(31,32)17-37-14-20-6-4-3-5-7-20/h3-13H,14-17H2,1-2H3,(H,33,36). The number of amides is 1. The largest absolute Gasteiger partial charge is 0.482 e. The summed E-state index contributed by atoms with van der Waals surface area (Å²) in [5, 5.41) is 7.30. The Bertz CT molecular complexity index is 1470. The van der Waals surface area contributed by atoms with Crippen molar-refractivity contribution in [3.63, 3.8) is 0 Å². The van der Waals surface area contributed by atoms with Crippen LogP contribution in [0.3, 0.4) is 0 Å². The molecule has 1 aliphatic heterocycles. The molecular weight excluding hydrogens is 495 g/mol. The Hall–Kier alpha value is -4.11. The number of carbonyl (C=O) groups excluding carboxylic acids is 1. The minimum atomic E-state index is -3.23. The number of fused-ring (bicyclic) bond motifs is 1. The van der Waals surface area contributed by atoms with Crippen molar-refractivity contribution in [3.8, 4) is 28.1 Å². The van der Waals surface area contributed by atoms with E-state index in [2.05, 4.69) is 10.4 Å². The molecule has 3 aromatic carbocycles. The second-order valence-electron chi connectivity index (χ2n) is 9.26. The van der Waals surface area contributed by atoms with Crippen molar-refractivity contribution in [3.05, 3.63) is 89.4 Å². The number of nitrogens with zero attached hydrogens (tertiary/aromatic N) is 2. The molecule has 0 aliphatic carbocycles. The van der Waals surface area contributed by atoms with Crippen molar-refractivity contribution in [2.24, 2.45) is 0 Å². The number of nitrogens with one attached hydrogen (secondary N) is 1. The maximum atomic E-state index is 15.2. The summed E-state index contributed by atoms with van der Waals surface area (Å²) >= 11 is 0. The zero-order valence-electron chi connectivity index (χ0n) is 20.9. The summed E-state index contributed by atoms with van der Waals surface area (Å²) in [6, 6.07) is 18.3. The fourth-order valence-electron chi connectivity index (χ4n) is 4.63. The molecule has 0 saturated carbocycles. The molecule has 5 rings (SSSR count). The quantitative estimate of drug-likeness (QED) is 0.302. The summed E-state index contributed by atoms with van der Waals surface area (Å²) in [5.41, 5.74) is 4.79. The predicted octanol–water partition coefficient (Wildman–Crippen LogP) is 6.16. The summed E-state index contributed by atoms with van der Waals surface area (Å²) in [6.45, 7) is 2.01. The molecule has 6 nitrogen and oxygen atoms in total. The zero-order valence-corrected chi connectivity index (χ0v) is 20.9. The lowest BCUT2D eigenvalue weighted by Gasteiger charge is -2.22. The van der Waals surface area contributed by atoms with Gasteiger partial charge in [-0.15, -0.1) is 0 Å². The van der Waals surface area contributed by atoms with Crippen LogP contribution in [0.25, 0.3) is 22.4 Å². The summed E-state index contributed by atoms with van der Waals surface area (Å²) in [6.07, 6.45) is 0. The van der Waals surface area contributed by atoms with E-state index in [1.165, 1.54) is 28.9 Å². The highest BCUT2D eigenvalue weighted by Gasteiger charge is 2.33. The molecule has 4 aromatic rings. The van der Waals surface area contributed by atoms with E-state index in [9.17, 15) is 9.18 Å². The number of hydrogen-bond acceptors (Lipinski definition) is 4. The highest BCUT2D eigenvalue weighted by Crippen LogP contribution is 2.42. The number of halogens is 3. The summed E-state index contributed by atoms with van der Waals surface area (Å²) < 4.78 is 56.2. The van der Waals surface area contributed by atoms with Crippen molar-refractivity contribution in [1.82, 2.24) is 9.78 Å². The first-order valence-electron chi connectivity index (χ1n) is 12.1. The second-order valence-corrected chi connectivity index (χ2v) is 9.26. The molecule has 0 atom stereocenters. The highest BCUT2D eigenvalue weighted by molar-refractivity contribution is 5.98. The van der Waals surface area contributed by atoms with Crippen LogP contribution in [-0.2, 0) is 22.7 Å². The Kier molecular flexibility index (Phi) is 6.94. The summed E-state index contributed by atoms with van der Waals surface area (Å²) in [5.74, 6) is -3.42. The number of benzene rings is 3. The van der Waals surface area contributed by atoms with Gasteiger partial charge in [0.15, 0.2) is 6.61 Å². The first-order chi connectivity index (χ1) is 18.2. The Morgan fingerprint density at radius 3 is 2.53 bits per heavy atom. The van der Waals surface area contributed by atoms with Gasteiger partial charge in [-0.1, -0.05) is 36.4 Å². The van der Waals surface area contributed by atoms with Gasteiger partial charge < -0.3 is 14.8 Å². The molecule has 0 fully saturated rings. The second kappa shape index (κ2) is 10.3. The highest BCUT2D eigenvalue weighted by atomic mass is 19.3. The molecule has 0 spiro atoms. The zero-order chi connectivity index (χ0) is 26.9. The topological polar surface area (TPSA) is 65.4 Å². The minimum absolute atomic E-state index is 0.0622. The maximum Gasteiger partial charge on any atom is 0.290 e. The molecule has 0 radical (unpaired) electrons. The molecule has 1 aromatic heterocycles. The molecule has 9 heteroatoms. The van der Waals surface area contributed by atoms with Crippen LogP contribution in [0.15, 0.2) is 66.7 Å². The fraction of sp³-hybridized carbons (Fsp3) is 0.241. The summed E-state index contributed by atoms with van der Waals surface area (Å²) in [4.78, 5) is 12.0. The van der Waals surface area contributed by atoms with Crippen LogP contribution >= 0.6 is 0 Å². The van der Waals surface area contributed by atoms with E-state index in [1.54, 1.807) is 13.0 Å². The van der Waals surface area contributed by atoms with Crippen LogP contribution in [-0.4, -0.2) is 34.8 Å². The monoisotopic (exact) mass is 521 g/mol. The molecule has 38 heavy (non-hydrogen) atoms. The molecular formula is C29H26F3N3O3. The number of anilines is 1. The molecule has 0 unspecified atom stereocenters. The third-order valence-electron chi connectivity index (χ3n) is 6.37. The van der Waals surface area contributed by atoms with Crippen molar-refractivity contribution in [2.75, 3.05) is 18.5 Å². The van der Waals surface area contributed by atoms with Gasteiger partial charge in [0.05, 0.1) is 23.7 Å². The van der Waals surface area contributed by atoms with Gasteiger partial charge in [0.2, 0.25) is 0 Å². The number of alkyl halides is 2. The lowest BCUT2D eigenvalue weighted by molar-refractivity contribution is -0.118. The lowest BCUT2D eigenvalue weighted by atomic mass is 9.94. The van der Waals surface area contributed by atoms with Crippen molar-refractivity contribution >= 4 is 11.6 Å². The fourth-order valence-corrected chi connectivity index (χ4v) is 4.63. The van der Waals surface area contributed by atoms with E-state index in [1.807, 2.05) is 43.3 Å². The predicted molar refractivity (Wildman–Crippen MR) is 138 cm³/mol. The van der Waals surface area contributed by atoms with Crippen LogP contribution in [0.4, 0.5) is 18.9 Å². The number of aryl methyl sites for hydroxylation is 1. The van der Waals surface area contributed by atoms with E-state index in [0.29, 0.717) is 45.1 Å². The minimum Gasteiger partial charge on any atom is -0.482 e. The molecule has 1 amide bonds. The van der Waals surface area contributed by atoms with Crippen LogP contribution in [0.2, 0.25) is 0 Å². The van der Waals surface area contributed by atoms with Gasteiger partial charge in [-0.05, 0) is 60.9 Å². The van der Waals surface area contributed by atoms with Gasteiger partial charge >= 0.3 is 0 Å². The molecule has 0 saturated heterocycles. The molecule has 1 N–H and O–H groups in total. The first-order valence-corrected chi connectivity index (χ1v) is 12.1. The first kappa shape index (κ1) is 25.5. The Balaban J connectivity index is 1.52. The third kappa shape index (κ3) is 5.28. The lowest BCUT2D eigenvalue weighted by Crippen LogP contribution is -2.30. The number of aromatic nitrogens is 2. The van der Waals surface area contributed by atoms with Crippen molar-refractivity contribution in [1.29, 1.82) is 0 Å². The average molecular weight is 522 g/mol.